The van der Waals surface area contributed by atoms with Crippen LogP contribution in [0, 0.1) is 11.3 Å². The summed E-state index contributed by atoms with van der Waals surface area (Å²) < 4.78 is 0.885. The second-order valence-corrected chi connectivity index (χ2v) is 9.00. The van der Waals surface area contributed by atoms with Crippen molar-refractivity contribution in [1.82, 2.24) is 10.2 Å². The van der Waals surface area contributed by atoms with E-state index in [-0.39, 0.29) is 37.1 Å². The van der Waals surface area contributed by atoms with Gasteiger partial charge in [-0.2, -0.15) is 5.26 Å². The van der Waals surface area contributed by atoms with E-state index >= 15 is 0 Å². The number of halogens is 1. The molecule has 3 aromatic rings. The predicted molar refractivity (Wildman–Crippen MR) is 136 cm³/mol. The normalized spacial score (nSPS) is 12.5. The van der Waals surface area contributed by atoms with E-state index in [9.17, 15) is 14.4 Å². The number of carbonyl (C=O) groups excluding carboxylic acids is 3. The molecule has 7 heteroatoms. The first-order valence-corrected chi connectivity index (χ1v) is 11.9. The molecule has 35 heavy (non-hydrogen) atoms. The van der Waals surface area contributed by atoms with Crippen LogP contribution in [0.5, 0.6) is 0 Å². The molecule has 0 atom stereocenters. The van der Waals surface area contributed by atoms with Crippen LogP contribution in [0.25, 0.3) is 5.57 Å². The van der Waals surface area contributed by atoms with Crippen LogP contribution in [0.3, 0.4) is 0 Å². The van der Waals surface area contributed by atoms with Gasteiger partial charge in [0.25, 0.3) is 11.8 Å². The number of amides is 2. The second kappa shape index (κ2) is 10.5. The van der Waals surface area contributed by atoms with Crippen molar-refractivity contribution in [3.05, 3.63) is 111 Å². The van der Waals surface area contributed by atoms with Gasteiger partial charge < -0.3 is 5.32 Å². The molecule has 0 aliphatic carbocycles. The summed E-state index contributed by atoms with van der Waals surface area (Å²) in [6, 6.07) is 23.7. The number of hydrogen-bond donors (Lipinski definition) is 1. The number of hydrogen-bond acceptors (Lipinski definition) is 4. The number of fused-ring (bicyclic) bond motifs is 1. The van der Waals surface area contributed by atoms with E-state index in [1.807, 2.05) is 54.6 Å². The summed E-state index contributed by atoms with van der Waals surface area (Å²) in [5, 5.41) is 11.3. The molecule has 4 rings (SSSR count). The number of ketones is 1. The zero-order valence-electron chi connectivity index (χ0n) is 19.0. The molecular formula is C28H22BrN3O3. The number of Topliss-reactive ketones (excluding diaryl/α,β-unsaturated/α-hetero) is 1. The van der Waals surface area contributed by atoms with Gasteiger partial charge >= 0.3 is 0 Å². The first kappa shape index (κ1) is 24.1. The van der Waals surface area contributed by atoms with Crippen molar-refractivity contribution < 1.29 is 14.4 Å². The lowest BCUT2D eigenvalue weighted by Crippen LogP contribution is -2.36. The number of nitrogens with zero attached hydrogens (tertiary/aromatic N) is 2. The molecular weight excluding hydrogens is 506 g/mol. The van der Waals surface area contributed by atoms with Crippen LogP contribution in [-0.4, -0.2) is 29.0 Å². The number of rotatable bonds is 6. The predicted octanol–water partition coefficient (Wildman–Crippen LogP) is 5.10. The van der Waals surface area contributed by atoms with Gasteiger partial charge in [0.05, 0.1) is 24.7 Å². The maximum Gasteiger partial charge on any atom is 0.258 e. The van der Waals surface area contributed by atoms with Crippen molar-refractivity contribution in [3.8, 4) is 6.07 Å². The van der Waals surface area contributed by atoms with Crippen LogP contribution in [0.2, 0.25) is 0 Å². The van der Waals surface area contributed by atoms with Crippen LogP contribution >= 0.6 is 15.9 Å². The zero-order valence-corrected chi connectivity index (χ0v) is 20.6. The minimum absolute atomic E-state index is 0.212. The number of nitrogens with one attached hydrogen (secondary N) is 1. The van der Waals surface area contributed by atoms with E-state index < -0.39 is 0 Å². The molecule has 0 radical (unpaired) electrons. The first-order chi connectivity index (χ1) is 16.9. The lowest BCUT2D eigenvalue weighted by atomic mass is 9.87. The highest BCUT2D eigenvalue weighted by atomic mass is 79.9. The summed E-state index contributed by atoms with van der Waals surface area (Å²) in [5.74, 6) is -0.850. The van der Waals surface area contributed by atoms with Crippen molar-refractivity contribution in [2.75, 3.05) is 6.54 Å². The number of nitriles is 1. The Morgan fingerprint density at radius 2 is 1.69 bits per heavy atom. The smallest absolute Gasteiger partial charge is 0.258 e. The Morgan fingerprint density at radius 3 is 2.34 bits per heavy atom. The average Bonchev–Trinajstić information content (AvgIpc) is 2.87. The van der Waals surface area contributed by atoms with E-state index in [0.717, 1.165) is 21.2 Å². The molecule has 0 unspecified atom stereocenters. The molecule has 0 bridgehead atoms. The standard InChI is InChI=1S/C28H22BrN3O3/c1-18(33)26-25(19-6-3-2-4-7-19)24-16-23(29)13-12-22(24)17-32(26)28(35)21-10-8-20(9-11-21)27(34)31-15-5-14-30/h2-4,6-13,16H,5,15,17H2,1H3,(H,31,34). The maximum atomic E-state index is 13.7. The van der Waals surface area contributed by atoms with E-state index in [4.69, 9.17) is 5.26 Å². The van der Waals surface area contributed by atoms with Gasteiger partial charge in [0.15, 0.2) is 5.78 Å². The third-order valence-corrected chi connectivity index (χ3v) is 6.23. The van der Waals surface area contributed by atoms with Crippen LogP contribution in [0.15, 0.2) is 83.0 Å². The lowest BCUT2D eigenvalue weighted by Gasteiger charge is -2.33. The molecule has 1 aliphatic rings. The van der Waals surface area contributed by atoms with Gasteiger partial charge in [-0.05, 0) is 53.1 Å². The Bertz CT molecular complexity index is 1370. The van der Waals surface area contributed by atoms with Crippen molar-refractivity contribution in [2.24, 2.45) is 0 Å². The molecule has 0 saturated heterocycles. The molecule has 0 aromatic heterocycles. The summed E-state index contributed by atoms with van der Waals surface area (Å²) in [4.78, 5) is 40.4. The Hall–Kier alpha value is -4.02. The Balaban J connectivity index is 1.75. The molecule has 0 saturated carbocycles. The van der Waals surface area contributed by atoms with Crippen molar-refractivity contribution in [1.29, 1.82) is 5.26 Å². The van der Waals surface area contributed by atoms with Gasteiger partial charge in [0.2, 0.25) is 0 Å². The van der Waals surface area contributed by atoms with Crippen molar-refractivity contribution in [2.45, 2.75) is 19.9 Å². The topological polar surface area (TPSA) is 90.3 Å². The zero-order chi connectivity index (χ0) is 24.9. The SMILES string of the molecule is CC(=O)C1=C(c2ccccc2)c2cc(Br)ccc2CN1C(=O)c1ccc(C(=O)NCCC#N)cc1. The molecule has 1 aliphatic heterocycles. The molecule has 3 aromatic carbocycles. The molecule has 0 fully saturated rings. The Labute approximate surface area is 212 Å². The summed E-state index contributed by atoms with van der Waals surface area (Å²) in [5.41, 5.74) is 4.49. The molecule has 0 spiro atoms. The fraction of sp³-hybridized carbons (Fsp3) is 0.143. The fourth-order valence-electron chi connectivity index (χ4n) is 4.12. The minimum Gasteiger partial charge on any atom is -0.351 e. The molecule has 6 nitrogen and oxygen atoms in total. The van der Waals surface area contributed by atoms with E-state index in [1.165, 1.54) is 11.8 Å². The Morgan fingerprint density at radius 1 is 1.00 bits per heavy atom. The minimum atomic E-state index is -0.325. The van der Waals surface area contributed by atoms with Crippen LogP contribution < -0.4 is 5.32 Å². The molecule has 1 heterocycles. The molecule has 174 valence electrons. The van der Waals surface area contributed by atoms with Crippen LogP contribution in [0.1, 0.15) is 50.8 Å². The molecule has 2 amide bonds. The highest BCUT2D eigenvalue weighted by Gasteiger charge is 2.32. The van der Waals surface area contributed by atoms with E-state index in [0.29, 0.717) is 22.4 Å². The van der Waals surface area contributed by atoms with Gasteiger partial charge in [0.1, 0.15) is 0 Å². The summed E-state index contributed by atoms with van der Waals surface area (Å²) in [6.45, 7) is 1.98. The largest absolute Gasteiger partial charge is 0.351 e. The van der Waals surface area contributed by atoms with Crippen LogP contribution in [0.4, 0.5) is 0 Å². The summed E-state index contributed by atoms with van der Waals surface area (Å²) in [6.07, 6.45) is 0.221. The van der Waals surface area contributed by atoms with E-state index in [1.54, 1.807) is 24.3 Å². The number of allylic oxidation sites excluding steroid dienone is 1. The van der Waals surface area contributed by atoms with E-state index in [2.05, 4.69) is 21.2 Å². The number of benzene rings is 3. The Kier molecular flexibility index (Phi) is 7.23. The van der Waals surface area contributed by atoms with Crippen molar-refractivity contribution >= 4 is 39.1 Å². The fourth-order valence-corrected chi connectivity index (χ4v) is 4.48. The summed E-state index contributed by atoms with van der Waals surface area (Å²) >= 11 is 3.53. The van der Waals surface area contributed by atoms with Gasteiger partial charge in [-0.25, -0.2) is 0 Å². The third kappa shape index (κ3) is 5.08. The number of carbonyl (C=O) groups is 3. The van der Waals surface area contributed by atoms with Gasteiger partial charge in [-0.3, -0.25) is 19.3 Å². The van der Waals surface area contributed by atoms with Crippen molar-refractivity contribution in [3.63, 3.8) is 0 Å². The molecule has 1 N–H and O–H groups in total. The summed E-state index contributed by atoms with van der Waals surface area (Å²) in [7, 11) is 0. The monoisotopic (exact) mass is 527 g/mol. The maximum absolute atomic E-state index is 13.7. The van der Waals surface area contributed by atoms with Gasteiger partial charge in [-0.15, -0.1) is 0 Å². The third-order valence-electron chi connectivity index (χ3n) is 5.73. The lowest BCUT2D eigenvalue weighted by molar-refractivity contribution is -0.114. The second-order valence-electron chi connectivity index (χ2n) is 8.08. The average molecular weight is 528 g/mol. The highest BCUT2D eigenvalue weighted by molar-refractivity contribution is 9.10. The highest BCUT2D eigenvalue weighted by Crippen LogP contribution is 2.38. The van der Waals surface area contributed by atoms with Gasteiger partial charge in [-0.1, -0.05) is 52.3 Å². The first-order valence-electron chi connectivity index (χ1n) is 11.1. The van der Waals surface area contributed by atoms with Crippen LogP contribution in [-0.2, 0) is 11.3 Å². The van der Waals surface area contributed by atoms with Gasteiger partial charge in [0, 0.05) is 34.6 Å². The quantitative estimate of drug-likeness (QED) is 0.451.